The lowest BCUT2D eigenvalue weighted by atomic mass is 9.51. The number of para-hydroxylation sites is 1. The molecule has 2 saturated heterocycles. The quantitative estimate of drug-likeness (QED) is 0.131. The zero-order valence-electron chi connectivity index (χ0n) is 28.1. The number of amides is 4. The lowest BCUT2D eigenvalue weighted by Gasteiger charge is -2.49. The van der Waals surface area contributed by atoms with Crippen LogP contribution in [-0.4, -0.2) is 41.6 Å². The SMILES string of the molecule is COc1cccc(C2C3=CCC4C(=O)N(c5ccc(C(=O)c6ccccc6)cc5)C(=O)C4C3CC3C(=O)N(c4ccc(F)c(Cl)c4)C(=O)C32C)c1O. The molecule has 8 rings (SSSR count). The lowest BCUT2D eigenvalue weighted by molar-refractivity contribution is -0.131. The number of carbonyl (C=O) groups is 5. The molecule has 1 saturated carbocycles. The van der Waals surface area contributed by atoms with Crippen LogP contribution in [0.4, 0.5) is 15.8 Å². The fourth-order valence-electron chi connectivity index (χ4n) is 8.94. The Morgan fingerprint density at radius 1 is 0.846 bits per heavy atom. The minimum atomic E-state index is -1.44. The van der Waals surface area contributed by atoms with Crippen molar-refractivity contribution in [3.8, 4) is 11.5 Å². The lowest BCUT2D eigenvalue weighted by Crippen LogP contribution is -2.48. The van der Waals surface area contributed by atoms with Crippen molar-refractivity contribution in [2.24, 2.45) is 29.1 Å². The number of methoxy groups -OCH3 is 1. The van der Waals surface area contributed by atoms with Gasteiger partial charge in [0.15, 0.2) is 17.3 Å². The molecule has 4 aromatic carbocycles. The number of fused-ring (bicyclic) bond motifs is 4. The van der Waals surface area contributed by atoms with E-state index < -0.39 is 64.5 Å². The highest BCUT2D eigenvalue weighted by Crippen LogP contribution is 2.65. The van der Waals surface area contributed by atoms with Gasteiger partial charge < -0.3 is 9.84 Å². The summed E-state index contributed by atoms with van der Waals surface area (Å²) in [6, 6.07) is 23.7. The summed E-state index contributed by atoms with van der Waals surface area (Å²) in [5, 5.41) is 11.2. The Hall–Kier alpha value is -5.61. The van der Waals surface area contributed by atoms with E-state index >= 15 is 0 Å². The molecule has 52 heavy (non-hydrogen) atoms. The van der Waals surface area contributed by atoms with E-state index in [0.717, 1.165) is 15.9 Å². The Morgan fingerprint density at radius 2 is 1.54 bits per heavy atom. The molecule has 4 aliphatic rings. The highest BCUT2D eigenvalue weighted by Gasteiger charge is 2.68. The molecular formula is C41H32ClFN2O7. The third-order valence-electron chi connectivity index (χ3n) is 11.4. The highest BCUT2D eigenvalue weighted by atomic mass is 35.5. The Bertz CT molecular complexity index is 2240. The molecule has 2 heterocycles. The molecule has 6 atom stereocenters. The maximum atomic E-state index is 14.6. The summed E-state index contributed by atoms with van der Waals surface area (Å²) in [5.41, 5.74) is 0.917. The van der Waals surface area contributed by atoms with Crippen LogP contribution in [0.2, 0.25) is 5.02 Å². The Morgan fingerprint density at radius 3 is 2.23 bits per heavy atom. The smallest absolute Gasteiger partial charge is 0.241 e. The third kappa shape index (κ3) is 4.77. The second-order valence-electron chi connectivity index (χ2n) is 13.9. The molecule has 4 amide bonds. The summed E-state index contributed by atoms with van der Waals surface area (Å²) in [6.07, 6.45) is 2.16. The van der Waals surface area contributed by atoms with E-state index in [0.29, 0.717) is 28.0 Å². The first-order chi connectivity index (χ1) is 25.0. The van der Waals surface area contributed by atoms with Crippen LogP contribution in [0.5, 0.6) is 11.5 Å². The topological polar surface area (TPSA) is 121 Å². The summed E-state index contributed by atoms with van der Waals surface area (Å²) in [7, 11) is 1.41. The number of aromatic hydroxyl groups is 1. The fourth-order valence-corrected chi connectivity index (χ4v) is 9.11. The van der Waals surface area contributed by atoms with Crippen LogP contribution in [0.3, 0.4) is 0 Å². The van der Waals surface area contributed by atoms with Crippen LogP contribution in [0, 0.1) is 34.9 Å². The normalized spacial score (nSPS) is 26.5. The standard InChI is InChI=1S/C41H32ClFN2O7/c1-41-29(38(49)45(40(41)51)24-15-18-31(43)30(42)19-24)20-28-25(34(41)27-9-6-10-32(52-2)36(27)47)16-17-26-33(28)39(50)44(37(26)48)23-13-11-22(12-14-23)35(46)21-7-4-3-5-8-21/h3-16,18-19,26,28-29,33-34,47H,17,20H2,1-2H3. The van der Waals surface area contributed by atoms with Gasteiger partial charge in [-0.3, -0.25) is 28.9 Å². The van der Waals surface area contributed by atoms with Gasteiger partial charge in [0.25, 0.3) is 0 Å². The maximum Gasteiger partial charge on any atom is 0.241 e. The van der Waals surface area contributed by atoms with E-state index in [1.807, 2.05) is 12.1 Å². The van der Waals surface area contributed by atoms with Crippen LogP contribution < -0.4 is 14.5 Å². The monoisotopic (exact) mass is 718 g/mol. The van der Waals surface area contributed by atoms with Crippen molar-refractivity contribution in [2.75, 3.05) is 16.9 Å². The van der Waals surface area contributed by atoms with Gasteiger partial charge >= 0.3 is 0 Å². The summed E-state index contributed by atoms with van der Waals surface area (Å²) in [5.74, 6) is -6.95. The number of nitrogens with zero attached hydrogens (tertiary/aromatic N) is 2. The van der Waals surface area contributed by atoms with Crippen LogP contribution in [0.25, 0.3) is 0 Å². The Labute approximate surface area is 303 Å². The number of anilines is 2. The number of benzene rings is 4. The van der Waals surface area contributed by atoms with Crippen molar-refractivity contribution < 1.29 is 38.2 Å². The number of halogens is 2. The van der Waals surface area contributed by atoms with Crippen molar-refractivity contribution in [3.63, 3.8) is 0 Å². The molecule has 262 valence electrons. The van der Waals surface area contributed by atoms with Crippen molar-refractivity contribution in [1.29, 1.82) is 0 Å². The summed E-state index contributed by atoms with van der Waals surface area (Å²) in [4.78, 5) is 72.7. The molecule has 0 spiro atoms. The molecule has 0 bridgehead atoms. The van der Waals surface area contributed by atoms with Gasteiger partial charge in [-0.25, -0.2) is 9.29 Å². The van der Waals surface area contributed by atoms with E-state index in [1.165, 1.54) is 19.2 Å². The molecule has 9 nitrogen and oxygen atoms in total. The molecule has 4 aromatic rings. The number of phenols is 1. The summed E-state index contributed by atoms with van der Waals surface area (Å²) in [6.45, 7) is 1.68. The molecule has 11 heteroatoms. The molecule has 1 N–H and O–H groups in total. The molecule has 3 fully saturated rings. The van der Waals surface area contributed by atoms with E-state index in [-0.39, 0.29) is 40.8 Å². The van der Waals surface area contributed by atoms with Crippen LogP contribution in [0.1, 0.15) is 47.2 Å². The Kier molecular flexibility index (Phi) is 7.91. The number of carbonyl (C=O) groups excluding carboxylic acids is 5. The predicted octanol–water partition coefficient (Wildman–Crippen LogP) is 6.86. The highest BCUT2D eigenvalue weighted by molar-refractivity contribution is 6.32. The van der Waals surface area contributed by atoms with E-state index in [1.54, 1.807) is 73.7 Å². The third-order valence-corrected chi connectivity index (χ3v) is 11.7. The van der Waals surface area contributed by atoms with Gasteiger partial charge in [0, 0.05) is 22.6 Å². The molecule has 6 unspecified atom stereocenters. The Balaban J connectivity index is 1.20. The van der Waals surface area contributed by atoms with Crippen molar-refractivity contribution in [2.45, 2.75) is 25.7 Å². The number of hydrogen-bond donors (Lipinski definition) is 1. The van der Waals surface area contributed by atoms with E-state index in [4.69, 9.17) is 16.3 Å². The van der Waals surface area contributed by atoms with E-state index in [2.05, 4.69) is 0 Å². The number of rotatable bonds is 6. The number of ketones is 1. The van der Waals surface area contributed by atoms with E-state index in [9.17, 15) is 33.5 Å². The second-order valence-corrected chi connectivity index (χ2v) is 14.3. The average Bonchev–Trinajstić information content (AvgIpc) is 3.52. The number of imide groups is 2. The van der Waals surface area contributed by atoms with Gasteiger partial charge in [-0.1, -0.05) is 65.7 Å². The molecule has 0 radical (unpaired) electrons. The second kappa shape index (κ2) is 12.3. The summed E-state index contributed by atoms with van der Waals surface area (Å²) < 4.78 is 19.6. The van der Waals surface area contributed by atoms with Crippen LogP contribution in [-0.2, 0) is 19.2 Å². The number of hydrogen-bond acceptors (Lipinski definition) is 7. The maximum absolute atomic E-state index is 14.6. The van der Waals surface area contributed by atoms with Gasteiger partial charge in [-0.05, 0) is 74.2 Å². The molecular weight excluding hydrogens is 687 g/mol. The van der Waals surface area contributed by atoms with Crippen LogP contribution in [0.15, 0.2) is 103 Å². The van der Waals surface area contributed by atoms with Gasteiger partial charge in [-0.2, -0.15) is 0 Å². The van der Waals surface area contributed by atoms with Gasteiger partial charge in [0.05, 0.1) is 46.7 Å². The van der Waals surface area contributed by atoms with Gasteiger partial charge in [0.1, 0.15) is 5.82 Å². The first kappa shape index (κ1) is 33.5. The zero-order chi connectivity index (χ0) is 36.6. The predicted molar refractivity (Wildman–Crippen MR) is 189 cm³/mol. The molecule has 0 aromatic heterocycles. The number of ether oxygens (including phenoxy) is 1. The van der Waals surface area contributed by atoms with Gasteiger partial charge in [0.2, 0.25) is 23.6 Å². The van der Waals surface area contributed by atoms with Crippen molar-refractivity contribution in [1.82, 2.24) is 0 Å². The number of phenolic OH excluding ortho intramolecular Hbond substituents is 1. The molecule has 2 aliphatic carbocycles. The fraction of sp³-hybridized carbons (Fsp3) is 0.244. The minimum absolute atomic E-state index is 0.0815. The largest absolute Gasteiger partial charge is 0.504 e. The number of allylic oxidation sites excluding steroid dienone is 2. The first-order valence-electron chi connectivity index (χ1n) is 16.9. The first-order valence-corrected chi connectivity index (χ1v) is 17.3. The summed E-state index contributed by atoms with van der Waals surface area (Å²) >= 11 is 6.09. The van der Waals surface area contributed by atoms with Crippen LogP contribution >= 0.6 is 11.6 Å². The van der Waals surface area contributed by atoms with Gasteiger partial charge in [-0.15, -0.1) is 0 Å². The average molecular weight is 719 g/mol. The van der Waals surface area contributed by atoms with Crippen molar-refractivity contribution >= 4 is 52.4 Å². The van der Waals surface area contributed by atoms with Crippen molar-refractivity contribution in [3.05, 3.63) is 130 Å². The molecule has 2 aliphatic heterocycles. The minimum Gasteiger partial charge on any atom is -0.504 e. The zero-order valence-corrected chi connectivity index (χ0v) is 28.8.